The standard InChI is InChI=1S/C15H20BrN3OS/c1-4-11-14(16)12(19(5-2)18-11)9-21(20)13-8-6-7-10(3)15(13)17/h6-8H,4-5,9,17H2,1-3H3. The number of halogens is 1. The fourth-order valence-electron chi connectivity index (χ4n) is 2.21. The van der Waals surface area contributed by atoms with Gasteiger partial charge in [-0.05, 0) is 47.8 Å². The third kappa shape index (κ3) is 3.21. The van der Waals surface area contributed by atoms with Crippen LogP contribution < -0.4 is 5.73 Å². The number of hydrogen-bond donors (Lipinski definition) is 1. The number of hydrogen-bond acceptors (Lipinski definition) is 3. The molecule has 1 aromatic carbocycles. The van der Waals surface area contributed by atoms with E-state index >= 15 is 0 Å². The maximum atomic E-state index is 12.7. The van der Waals surface area contributed by atoms with Crippen LogP contribution in [-0.2, 0) is 29.5 Å². The molecule has 1 heterocycles. The van der Waals surface area contributed by atoms with Gasteiger partial charge in [-0.2, -0.15) is 5.10 Å². The molecule has 114 valence electrons. The summed E-state index contributed by atoms with van der Waals surface area (Å²) in [6, 6.07) is 5.65. The summed E-state index contributed by atoms with van der Waals surface area (Å²) < 4.78 is 15.5. The Kier molecular flexibility index (Phi) is 5.22. The molecule has 0 saturated heterocycles. The second-order valence-corrected chi connectivity index (χ2v) is 7.07. The van der Waals surface area contributed by atoms with Crippen LogP contribution in [0.1, 0.15) is 30.8 Å². The predicted molar refractivity (Wildman–Crippen MR) is 90.7 cm³/mol. The highest BCUT2D eigenvalue weighted by Crippen LogP contribution is 2.27. The zero-order chi connectivity index (χ0) is 15.6. The van der Waals surface area contributed by atoms with E-state index in [1.807, 2.05) is 36.7 Å². The van der Waals surface area contributed by atoms with Crippen molar-refractivity contribution in [1.82, 2.24) is 9.78 Å². The van der Waals surface area contributed by atoms with Crippen LogP contribution >= 0.6 is 15.9 Å². The summed E-state index contributed by atoms with van der Waals surface area (Å²) in [6.07, 6.45) is 0.847. The molecule has 0 spiro atoms. The minimum atomic E-state index is -1.18. The van der Waals surface area contributed by atoms with Gasteiger partial charge in [-0.3, -0.25) is 8.89 Å². The van der Waals surface area contributed by atoms with Gasteiger partial charge in [-0.1, -0.05) is 19.1 Å². The number of nitrogen functional groups attached to an aromatic ring is 1. The summed E-state index contributed by atoms with van der Waals surface area (Å²) in [5.74, 6) is 0.412. The lowest BCUT2D eigenvalue weighted by atomic mass is 10.2. The Morgan fingerprint density at radius 2 is 2.10 bits per heavy atom. The van der Waals surface area contributed by atoms with E-state index in [0.717, 1.165) is 34.4 Å². The quantitative estimate of drug-likeness (QED) is 0.821. The van der Waals surface area contributed by atoms with Crippen molar-refractivity contribution in [3.63, 3.8) is 0 Å². The first-order chi connectivity index (χ1) is 9.99. The molecule has 0 aliphatic heterocycles. The zero-order valence-electron chi connectivity index (χ0n) is 12.5. The molecule has 1 unspecified atom stereocenters. The molecule has 2 rings (SSSR count). The molecule has 6 heteroatoms. The molecule has 2 aromatic rings. The van der Waals surface area contributed by atoms with Gasteiger partial charge >= 0.3 is 0 Å². The molecule has 0 radical (unpaired) electrons. The molecule has 0 aliphatic rings. The van der Waals surface area contributed by atoms with Gasteiger partial charge in [0.1, 0.15) is 0 Å². The predicted octanol–water partition coefficient (Wildman–Crippen LogP) is 3.43. The van der Waals surface area contributed by atoms with Crippen molar-refractivity contribution in [3.05, 3.63) is 39.6 Å². The summed E-state index contributed by atoms with van der Waals surface area (Å²) in [7, 11) is -1.18. The first-order valence-corrected chi connectivity index (χ1v) is 9.08. The molecule has 4 nitrogen and oxygen atoms in total. The van der Waals surface area contributed by atoms with Crippen LogP contribution in [0, 0.1) is 6.92 Å². The summed E-state index contributed by atoms with van der Waals surface area (Å²) in [6.45, 7) is 6.78. The van der Waals surface area contributed by atoms with Gasteiger partial charge in [-0.15, -0.1) is 0 Å². The largest absolute Gasteiger partial charge is 0.398 e. The molecule has 21 heavy (non-hydrogen) atoms. The first kappa shape index (κ1) is 16.2. The van der Waals surface area contributed by atoms with Crippen molar-refractivity contribution in [3.8, 4) is 0 Å². The van der Waals surface area contributed by atoms with Crippen LogP contribution in [0.15, 0.2) is 27.6 Å². The van der Waals surface area contributed by atoms with Crippen LogP contribution in [-0.4, -0.2) is 14.0 Å². The third-order valence-corrected chi connectivity index (χ3v) is 5.79. The lowest BCUT2D eigenvalue weighted by molar-refractivity contribution is 0.623. The van der Waals surface area contributed by atoms with Crippen molar-refractivity contribution >= 4 is 32.4 Å². The molecular formula is C15H20BrN3OS. The van der Waals surface area contributed by atoms with Crippen LogP contribution in [0.25, 0.3) is 0 Å². The van der Waals surface area contributed by atoms with Gasteiger partial charge in [-0.25, -0.2) is 0 Å². The van der Waals surface area contributed by atoms with E-state index in [1.165, 1.54) is 0 Å². The maximum absolute atomic E-state index is 12.7. The van der Waals surface area contributed by atoms with E-state index in [4.69, 9.17) is 5.73 Å². The van der Waals surface area contributed by atoms with Crippen molar-refractivity contribution < 1.29 is 4.21 Å². The maximum Gasteiger partial charge on any atom is 0.0767 e. The molecular weight excluding hydrogens is 350 g/mol. The Labute approximate surface area is 136 Å². The highest BCUT2D eigenvalue weighted by atomic mass is 79.9. The van der Waals surface area contributed by atoms with E-state index in [0.29, 0.717) is 16.3 Å². The van der Waals surface area contributed by atoms with E-state index in [9.17, 15) is 4.21 Å². The number of nitrogens with two attached hydrogens (primary N) is 1. The molecule has 1 atom stereocenters. The van der Waals surface area contributed by atoms with Gasteiger partial charge in [0, 0.05) is 6.54 Å². The lowest BCUT2D eigenvalue weighted by Crippen LogP contribution is -2.08. The third-order valence-electron chi connectivity index (χ3n) is 3.49. The summed E-state index contributed by atoms with van der Waals surface area (Å²) >= 11 is 3.59. The molecule has 1 aromatic heterocycles. The van der Waals surface area contributed by atoms with Crippen molar-refractivity contribution in [2.75, 3.05) is 5.73 Å². The van der Waals surface area contributed by atoms with Crippen LogP contribution in [0.4, 0.5) is 5.69 Å². The monoisotopic (exact) mass is 369 g/mol. The van der Waals surface area contributed by atoms with Crippen LogP contribution in [0.3, 0.4) is 0 Å². The first-order valence-electron chi connectivity index (χ1n) is 6.97. The SMILES string of the molecule is CCc1nn(CC)c(CS(=O)c2cccc(C)c2N)c1Br. The Hall–Kier alpha value is -1.14. The van der Waals surface area contributed by atoms with Crippen molar-refractivity contribution in [2.45, 2.75) is 44.4 Å². The molecule has 0 amide bonds. The van der Waals surface area contributed by atoms with Gasteiger partial charge in [0.2, 0.25) is 0 Å². The highest BCUT2D eigenvalue weighted by molar-refractivity contribution is 9.10. The van der Waals surface area contributed by atoms with Gasteiger partial charge in [0.25, 0.3) is 0 Å². The Morgan fingerprint density at radius 3 is 2.71 bits per heavy atom. The number of rotatable bonds is 5. The van der Waals surface area contributed by atoms with Crippen molar-refractivity contribution in [2.24, 2.45) is 0 Å². The van der Waals surface area contributed by atoms with Crippen LogP contribution in [0.5, 0.6) is 0 Å². The molecule has 0 aliphatic carbocycles. The van der Waals surface area contributed by atoms with Crippen LogP contribution in [0.2, 0.25) is 0 Å². The average Bonchev–Trinajstić information content (AvgIpc) is 2.78. The fourth-order valence-corrected chi connectivity index (χ4v) is 4.43. The second kappa shape index (κ2) is 6.75. The van der Waals surface area contributed by atoms with E-state index in [-0.39, 0.29) is 0 Å². The molecule has 2 N–H and O–H groups in total. The number of nitrogens with zero attached hydrogens (tertiary/aromatic N) is 2. The minimum Gasteiger partial charge on any atom is -0.398 e. The molecule has 0 bridgehead atoms. The smallest absolute Gasteiger partial charge is 0.0767 e. The number of anilines is 1. The Bertz CT molecular complexity index is 682. The van der Waals surface area contributed by atoms with E-state index in [1.54, 1.807) is 0 Å². The topological polar surface area (TPSA) is 60.9 Å². The van der Waals surface area contributed by atoms with Gasteiger partial charge in [0.15, 0.2) is 0 Å². The fraction of sp³-hybridized carbons (Fsp3) is 0.400. The molecule has 0 fully saturated rings. The lowest BCUT2D eigenvalue weighted by Gasteiger charge is -2.09. The summed E-state index contributed by atoms with van der Waals surface area (Å²) in [5, 5.41) is 4.54. The number of aryl methyl sites for hydroxylation is 3. The summed E-state index contributed by atoms with van der Waals surface area (Å²) in [5.41, 5.74) is 9.59. The van der Waals surface area contributed by atoms with E-state index in [2.05, 4.69) is 28.0 Å². The highest BCUT2D eigenvalue weighted by Gasteiger charge is 2.18. The minimum absolute atomic E-state index is 0.412. The van der Waals surface area contributed by atoms with Gasteiger partial charge in [0.05, 0.1) is 43.0 Å². The molecule has 0 saturated carbocycles. The average molecular weight is 370 g/mol. The summed E-state index contributed by atoms with van der Waals surface area (Å²) in [4.78, 5) is 0.698. The normalized spacial score (nSPS) is 12.6. The second-order valence-electron chi connectivity index (χ2n) is 4.85. The van der Waals surface area contributed by atoms with Gasteiger partial charge < -0.3 is 5.73 Å². The Balaban J connectivity index is 2.36. The van der Waals surface area contributed by atoms with Crippen molar-refractivity contribution in [1.29, 1.82) is 0 Å². The number of para-hydroxylation sites is 1. The van der Waals surface area contributed by atoms with E-state index < -0.39 is 10.8 Å². The zero-order valence-corrected chi connectivity index (χ0v) is 14.9. The Morgan fingerprint density at radius 1 is 1.38 bits per heavy atom. The number of benzene rings is 1. The number of aromatic nitrogens is 2.